The van der Waals surface area contributed by atoms with Gasteiger partial charge in [0.15, 0.2) is 0 Å². The molecule has 1 aromatic carbocycles. The van der Waals surface area contributed by atoms with Gasteiger partial charge >= 0.3 is 11.7 Å². The van der Waals surface area contributed by atoms with Crippen LogP contribution >= 0.6 is 0 Å². The molecule has 2 unspecified atom stereocenters. The van der Waals surface area contributed by atoms with Crippen molar-refractivity contribution in [3.63, 3.8) is 0 Å². The van der Waals surface area contributed by atoms with Crippen molar-refractivity contribution in [3.05, 3.63) is 52.6 Å². The van der Waals surface area contributed by atoms with E-state index < -0.39 is 11.7 Å². The molecule has 4 rings (SSSR count). The van der Waals surface area contributed by atoms with E-state index in [1.807, 2.05) is 12.1 Å². The van der Waals surface area contributed by atoms with Gasteiger partial charge in [-0.1, -0.05) is 12.1 Å². The summed E-state index contributed by atoms with van der Waals surface area (Å²) in [6.07, 6.45) is 1.58. The summed E-state index contributed by atoms with van der Waals surface area (Å²) < 4.78 is 6.71. The van der Waals surface area contributed by atoms with Crippen molar-refractivity contribution < 1.29 is 9.53 Å². The van der Waals surface area contributed by atoms with E-state index in [0.29, 0.717) is 24.1 Å². The number of ether oxygens (including phenoxy) is 1. The number of hydrogen-bond acceptors (Lipinski definition) is 7. The minimum Gasteiger partial charge on any atom is -0.465 e. The zero-order chi connectivity index (χ0) is 19.1. The fraction of sp³-hybridized carbons (Fsp3) is 0.421. The number of nitrogen functional groups attached to an aromatic ring is 1. The van der Waals surface area contributed by atoms with E-state index in [-0.39, 0.29) is 17.8 Å². The molecular weight excluding hydrogens is 346 g/mol. The zero-order valence-corrected chi connectivity index (χ0v) is 15.1. The molecule has 1 aliphatic carbocycles. The Labute approximate surface area is 156 Å². The minimum absolute atomic E-state index is 0.182. The summed E-state index contributed by atoms with van der Waals surface area (Å²) in [7, 11) is 0. The lowest BCUT2D eigenvalue weighted by Gasteiger charge is -2.28. The van der Waals surface area contributed by atoms with E-state index in [1.165, 1.54) is 4.57 Å². The van der Waals surface area contributed by atoms with Crippen molar-refractivity contribution in [3.8, 4) is 5.69 Å². The number of esters is 1. The zero-order valence-electron chi connectivity index (χ0n) is 15.1. The molecule has 2 heterocycles. The third-order valence-electron chi connectivity index (χ3n) is 5.48. The van der Waals surface area contributed by atoms with Crippen molar-refractivity contribution >= 4 is 11.8 Å². The van der Waals surface area contributed by atoms with Crippen LogP contribution in [0.1, 0.15) is 18.5 Å². The van der Waals surface area contributed by atoms with Crippen LogP contribution in [0, 0.1) is 11.8 Å². The molecule has 142 valence electrons. The maximum atomic E-state index is 12.6. The summed E-state index contributed by atoms with van der Waals surface area (Å²) in [5.41, 5.74) is 12.6. The van der Waals surface area contributed by atoms with E-state index in [9.17, 15) is 9.59 Å². The summed E-state index contributed by atoms with van der Waals surface area (Å²) in [6, 6.07) is 8.66. The van der Waals surface area contributed by atoms with Crippen LogP contribution in [-0.4, -0.2) is 46.2 Å². The monoisotopic (exact) mass is 369 g/mol. The Bertz CT molecular complexity index is 898. The molecule has 0 radical (unpaired) electrons. The lowest BCUT2D eigenvalue weighted by Crippen LogP contribution is -2.37. The lowest BCUT2D eigenvalue weighted by atomic mass is 10.0. The highest BCUT2D eigenvalue weighted by Crippen LogP contribution is 2.46. The Morgan fingerprint density at radius 1 is 1.26 bits per heavy atom. The number of hydrogen-bond donors (Lipinski definition) is 2. The average molecular weight is 369 g/mol. The molecule has 2 fully saturated rings. The third kappa shape index (κ3) is 3.22. The molecule has 27 heavy (non-hydrogen) atoms. The van der Waals surface area contributed by atoms with Crippen molar-refractivity contribution in [2.75, 3.05) is 25.4 Å². The smallest absolute Gasteiger partial charge is 0.354 e. The first-order chi connectivity index (χ1) is 13.0. The molecule has 8 nitrogen and oxygen atoms in total. The topological polar surface area (TPSA) is 116 Å². The first-order valence-corrected chi connectivity index (χ1v) is 9.11. The number of carbonyl (C=O) groups is 1. The van der Waals surface area contributed by atoms with E-state index in [1.54, 1.807) is 31.3 Å². The first kappa shape index (κ1) is 17.7. The van der Waals surface area contributed by atoms with Crippen molar-refractivity contribution in [2.45, 2.75) is 19.0 Å². The standard InChI is InChI=1S/C19H23N5O3/c1-2-27-18(25)17(23-9-13-14(10-23)16(13)21)11-3-5-12(6-4-11)24-8-7-15(20)22-19(24)26/h3-8,13-14,16-17H,2,9-10,21H2,1H3,(H2,20,22,26)/t13-,14+,16?,17?. The number of piperidine rings is 1. The molecule has 4 atom stereocenters. The van der Waals surface area contributed by atoms with Gasteiger partial charge in [0, 0.05) is 25.3 Å². The van der Waals surface area contributed by atoms with Gasteiger partial charge in [-0.05, 0) is 42.5 Å². The largest absolute Gasteiger partial charge is 0.465 e. The Morgan fingerprint density at radius 2 is 1.93 bits per heavy atom. The van der Waals surface area contributed by atoms with Crippen LogP contribution in [0.5, 0.6) is 0 Å². The predicted molar refractivity (Wildman–Crippen MR) is 100 cm³/mol. The summed E-state index contributed by atoms with van der Waals surface area (Å²) >= 11 is 0. The molecule has 0 bridgehead atoms. The van der Waals surface area contributed by atoms with E-state index in [0.717, 1.165) is 18.7 Å². The number of nitrogens with zero attached hydrogens (tertiary/aromatic N) is 3. The van der Waals surface area contributed by atoms with E-state index in [4.69, 9.17) is 16.2 Å². The van der Waals surface area contributed by atoms with Gasteiger partial charge in [-0.25, -0.2) is 9.59 Å². The molecule has 0 spiro atoms. The van der Waals surface area contributed by atoms with Crippen LogP contribution in [0.25, 0.3) is 5.69 Å². The number of fused-ring (bicyclic) bond motifs is 1. The number of anilines is 1. The molecule has 4 N–H and O–H groups in total. The fourth-order valence-corrected chi connectivity index (χ4v) is 3.96. The highest BCUT2D eigenvalue weighted by atomic mass is 16.5. The first-order valence-electron chi connectivity index (χ1n) is 9.11. The Kier molecular flexibility index (Phi) is 4.45. The van der Waals surface area contributed by atoms with Gasteiger partial charge in [0.25, 0.3) is 0 Å². The second kappa shape index (κ2) is 6.79. The second-order valence-corrected chi connectivity index (χ2v) is 7.11. The van der Waals surface area contributed by atoms with Gasteiger partial charge in [0.2, 0.25) is 0 Å². The third-order valence-corrected chi connectivity index (χ3v) is 5.48. The molecular formula is C19H23N5O3. The number of carbonyl (C=O) groups excluding carboxylic acids is 1. The molecule has 1 aromatic heterocycles. The summed E-state index contributed by atoms with van der Waals surface area (Å²) in [6.45, 7) is 3.74. The molecule has 0 amide bonds. The predicted octanol–water partition coefficient (Wildman–Crippen LogP) is 0.308. The average Bonchev–Trinajstić information content (AvgIpc) is 3.04. The van der Waals surface area contributed by atoms with Gasteiger partial charge in [-0.3, -0.25) is 9.47 Å². The second-order valence-electron chi connectivity index (χ2n) is 7.11. The van der Waals surface area contributed by atoms with Gasteiger partial charge < -0.3 is 16.2 Å². The Balaban J connectivity index is 1.60. The van der Waals surface area contributed by atoms with Crippen LogP contribution < -0.4 is 17.2 Å². The normalized spacial score (nSPS) is 25.0. The van der Waals surface area contributed by atoms with Crippen LogP contribution in [0.3, 0.4) is 0 Å². The van der Waals surface area contributed by atoms with Crippen molar-refractivity contribution in [1.82, 2.24) is 14.5 Å². The fourth-order valence-electron chi connectivity index (χ4n) is 3.96. The van der Waals surface area contributed by atoms with Crippen LogP contribution in [0.4, 0.5) is 5.82 Å². The van der Waals surface area contributed by atoms with Crippen LogP contribution in [0.2, 0.25) is 0 Å². The molecule has 1 saturated carbocycles. The molecule has 8 heteroatoms. The summed E-state index contributed by atoms with van der Waals surface area (Å²) in [5.74, 6) is 0.869. The van der Waals surface area contributed by atoms with Gasteiger partial charge in [0.05, 0.1) is 12.3 Å². The van der Waals surface area contributed by atoms with Crippen LogP contribution in [-0.2, 0) is 9.53 Å². The Hall–Kier alpha value is -2.71. The maximum Gasteiger partial charge on any atom is 0.354 e. The molecule has 1 saturated heterocycles. The molecule has 1 aliphatic heterocycles. The molecule has 2 aromatic rings. The number of likely N-dealkylation sites (tertiary alicyclic amines) is 1. The maximum absolute atomic E-state index is 12.6. The van der Waals surface area contributed by atoms with E-state index in [2.05, 4.69) is 9.88 Å². The summed E-state index contributed by atoms with van der Waals surface area (Å²) in [5, 5.41) is 0. The number of nitrogens with two attached hydrogens (primary N) is 2. The summed E-state index contributed by atoms with van der Waals surface area (Å²) in [4.78, 5) is 30.5. The van der Waals surface area contributed by atoms with Crippen LogP contribution in [0.15, 0.2) is 41.3 Å². The van der Waals surface area contributed by atoms with Crippen molar-refractivity contribution in [1.29, 1.82) is 0 Å². The van der Waals surface area contributed by atoms with Crippen molar-refractivity contribution in [2.24, 2.45) is 17.6 Å². The van der Waals surface area contributed by atoms with E-state index >= 15 is 0 Å². The van der Waals surface area contributed by atoms with Gasteiger partial charge in [-0.2, -0.15) is 4.98 Å². The molecule has 2 aliphatic rings. The number of aromatic nitrogens is 2. The quantitative estimate of drug-likeness (QED) is 0.729. The number of rotatable bonds is 5. The van der Waals surface area contributed by atoms with Gasteiger partial charge in [-0.15, -0.1) is 0 Å². The van der Waals surface area contributed by atoms with Gasteiger partial charge in [0.1, 0.15) is 11.9 Å². The Morgan fingerprint density at radius 3 is 2.52 bits per heavy atom. The highest BCUT2D eigenvalue weighted by molar-refractivity contribution is 5.78. The highest BCUT2D eigenvalue weighted by Gasteiger charge is 2.55. The lowest BCUT2D eigenvalue weighted by molar-refractivity contribution is -0.149. The SMILES string of the molecule is CCOC(=O)C(c1ccc(-n2ccc(N)nc2=O)cc1)N1C[C@@H]2C(N)[C@@H]2C1. The number of benzene rings is 1. The minimum atomic E-state index is -0.458.